The van der Waals surface area contributed by atoms with Crippen LogP contribution in [0.4, 0.5) is 0 Å². The molecule has 0 aromatic rings. The summed E-state index contributed by atoms with van der Waals surface area (Å²) in [7, 11) is -9.90. The minimum absolute atomic E-state index is 0.104. The van der Waals surface area contributed by atoms with Gasteiger partial charge in [-0.05, 0) is 37.5 Å². The Labute approximate surface area is 575 Å². The van der Waals surface area contributed by atoms with Gasteiger partial charge in [0.05, 0.1) is 26.4 Å². The van der Waals surface area contributed by atoms with Crippen molar-refractivity contribution < 1.29 is 80.2 Å². The molecule has 0 rings (SSSR count). The van der Waals surface area contributed by atoms with Crippen LogP contribution in [0, 0.1) is 11.8 Å². The zero-order chi connectivity index (χ0) is 69.3. The number of hydrogen-bond acceptors (Lipinski definition) is 15. The van der Waals surface area contributed by atoms with E-state index in [1.807, 2.05) is 0 Å². The fourth-order valence-corrected chi connectivity index (χ4v) is 13.0. The van der Waals surface area contributed by atoms with Gasteiger partial charge in [0.2, 0.25) is 0 Å². The summed E-state index contributed by atoms with van der Waals surface area (Å²) in [6.45, 7) is 9.52. The molecule has 0 fully saturated rings. The molecule has 0 radical (unpaired) electrons. The number of carbonyl (C=O) groups excluding carboxylic acids is 4. The first kappa shape index (κ1) is 92.1. The van der Waals surface area contributed by atoms with Crippen LogP contribution in [0.3, 0.4) is 0 Å². The Balaban J connectivity index is 5.15. The molecule has 19 heteroatoms. The van der Waals surface area contributed by atoms with Gasteiger partial charge in [-0.2, -0.15) is 0 Å². The molecule has 17 nitrogen and oxygen atoms in total. The van der Waals surface area contributed by atoms with Gasteiger partial charge >= 0.3 is 39.5 Å². The standard InChI is InChI=1S/C75H146O17P2/c1-7-10-12-14-16-17-18-19-20-21-22-23-24-25-26-27-28-29-34-41-47-53-59-74(79)91-71(64-86-73(78)58-52-46-40-33-31-30-32-39-44-50-56-68(6)9-3)66-90-94(83,84)88-62-69(76)61-87-93(81,82)89-65-70(63-85-72(77)57-51-45-37-15-13-11-8-2)92-75(80)60-54-48-42-36-35-38-43-49-55-67(4)5/h67-71,76H,7-66H2,1-6H3,(H,81,82)(H,83,84)/t68?,69-,70+,71+/m0/s1. The molecule has 558 valence electrons. The van der Waals surface area contributed by atoms with Gasteiger partial charge in [-0.3, -0.25) is 37.3 Å². The number of phosphoric acid groups is 2. The summed E-state index contributed by atoms with van der Waals surface area (Å²) in [5.41, 5.74) is 0. The molecule has 0 aliphatic rings. The van der Waals surface area contributed by atoms with Crippen molar-refractivity contribution in [3.05, 3.63) is 0 Å². The molecule has 94 heavy (non-hydrogen) atoms. The number of aliphatic hydroxyl groups is 1. The molecule has 0 amide bonds. The van der Waals surface area contributed by atoms with Crippen LogP contribution in [0.15, 0.2) is 0 Å². The number of aliphatic hydroxyl groups excluding tert-OH is 1. The van der Waals surface area contributed by atoms with Gasteiger partial charge in [-0.25, -0.2) is 9.13 Å². The molecule has 0 aromatic carbocycles. The Kier molecular flexibility index (Phi) is 65.5. The summed E-state index contributed by atoms with van der Waals surface area (Å²) in [6, 6.07) is 0. The van der Waals surface area contributed by atoms with Crippen LogP contribution in [0.25, 0.3) is 0 Å². The highest BCUT2D eigenvalue weighted by atomic mass is 31.2. The van der Waals surface area contributed by atoms with Crippen LogP contribution >= 0.6 is 15.6 Å². The first-order valence-electron chi connectivity index (χ1n) is 39.0. The zero-order valence-corrected chi connectivity index (χ0v) is 63.1. The summed E-state index contributed by atoms with van der Waals surface area (Å²) in [5.74, 6) is -0.597. The highest BCUT2D eigenvalue weighted by Gasteiger charge is 2.30. The van der Waals surface area contributed by atoms with Crippen molar-refractivity contribution >= 4 is 39.5 Å². The van der Waals surface area contributed by atoms with E-state index in [0.717, 1.165) is 115 Å². The Morgan fingerprint density at radius 1 is 0.309 bits per heavy atom. The highest BCUT2D eigenvalue weighted by molar-refractivity contribution is 7.47. The van der Waals surface area contributed by atoms with E-state index in [1.54, 1.807) is 0 Å². The van der Waals surface area contributed by atoms with Crippen LogP contribution < -0.4 is 0 Å². The SMILES string of the molecule is CCCCCCCCCCCCCCCCCCCCCCCCC(=O)O[C@H](COC(=O)CCCCCCCCCCCCC(C)CC)COP(=O)(O)OC[C@@H](O)COP(=O)(O)OC[C@@H](COC(=O)CCCCCCCCC)OC(=O)CCCCCCCCCCC(C)C. The average Bonchev–Trinajstić information content (AvgIpc) is 1.69. The van der Waals surface area contributed by atoms with Gasteiger partial charge in [0.15, 0.2) is 12.2 Å². The van der Waals surface area contributed by atoms with Crippen molar-refractivity contribution in [2.24, 2.45) is 11.8 Å². The number of rotatable bonds is 74. The third kappa shape index (κ3) is 67.3. The fraction of sp³-hybridized carbons (Fsp3) is 0.947. The second-order valence-corrected chi connectivity index (χ2v) is 30.7. The molecule has 0 aliphatic heterocycles. The summed E-state index contributed by atoms with van der Waals surface area (Å²) >= 11 is 0. The molecule has 0 saturated carbocycles. The van der Waals surface area contributed by atoms with E-state index >= 15 is 0 Å². The van der Waals surface area contributed by atoms with Gasteiger partial charge < -0.3 is 33.8 Å². The molecule has 0 aliphatic carbocycles. The van der Waals surface area contributed by atoms with E-state index in [4.69, 9.17) is 37.0 Å². The maximum Gasteiger partial charge on any atom is 0.472 e. The second-order valence-electron chi connectivity index (χ2n) is 27.8. The molecule has 0 saturated heterocycles. The minimum atomic E-state index is -4.96. The molecule has 0 spiro atoms. The lowest BCUT2D eigenvalue weighted by molar-refractivity contribution is -0.161. The monoisotopic (exact) mass is 1380 g/mol. The van der Waals surface area contributed by atoms with Gasteiger partial charge in [0.25, 0.3) is 0 Å². The maximum atomic E-state index is 13.1. The van der Waals surface area contributed by atoms with Crippen LogP contribution in [0.2, 0.25) is 0 Å². The van der Waals surface area contributed by atoms with Crippen LogP contribution in [0.5, 0.6) is 0 Å². The lowest BCUT2D eigenvalue weighted by atomic mass is 9.99. The Morgan fingerprint density at radius 2 is 0.543 bits per heavy atom. The normalized spacial score (nSPS) is 14.3. The lowest BCUT2D eigenvalue weighted by Gasteiger charge is -2.21. The summed E-state index contributed by atoms with van der Waals surface area (Å²) in [5, 5.41) is 10.6. The van der Waals surface area contributed by atoms with Crippen LogP contribution in [0.1, 0.15) is 388 Å². The Bertz CT molecular complexity index is 1820. The van der Waals surface area contributed by atoms with Crippen molar-refractivity contribution in [1.29, 1.82) is 0 Å². The van der Waals surface area contributed by atoms with Crippen molar-refractivity contribution in [1.82, 2.24) is 0 Å². The smallest absolute Gasteiger partial charge is 0.462 e. The minimum Gasteiger partial charge on any atom is -0.462 e. The second kappa shape index (κ2) is 66.9. The number of phosphoric ester groups is 2. The molecule has 3 unspecified atom stereocenters. The average molecular weight is 1380 g/mol. The third-order valence-corrected chi connectivity index (χ3v) is 19.7. The van der Waals surface area contributed by atoms with E-state index in [1.165, 1.54) is 193 Å². The molecule has 0 bridgehead atoms. The van der Waals surface area contributed by atoms with E-state index < -0.39 is 97.5 Å². The third-order valence-electron chi connectivity index (χ3n) is 17.8. The predicted molar refractivity (Wildman–Crippen MR) is 381 cm³/mol. The van der Waals surface area contributed by atoms with E-state index in [-0.39, 0.29) is 25.7 Å². The number of esters is 4. The summed E-state index contributed by atoms with van der Waals surface area (Å²) in [6.07, 6.45) is 54.4. The highest BCUT2D eigenvalue weighted by Crippen LogP contribution is 2.45. The number of carbonyl (C=O) groups is 4. The first-order valence-corrected chi connectivity index (χ1v) is 42.0. The maximum absolute atomic E-state index is 13.1. The fourth-order valence-electron chi connectivity index (χ4n) is 11.4. The van der Waals surface area contributed by atoms with Crippen molar-refractivity contribution in [3.8, 4) is 0 Å². The van der Waals surface area contributed by atoms with Crippen LogP contribution in [-0.2, 0) is 65.4 Å². The van der Waals surface area contributed by atoms with Crippen molar-refractivity contribution in [3.63, 3.8) is 0 Å². The van der Waals surface area contributed by atoms with Gasteiger partial charge in [-0.15, -0.1) is 0 Å². The first-order chi connectivity index (χ1) is 45.4. The summed E-state index contributed by atoms with van der Waals surface area (Å²) in [4.78, 5) is 72.6. The molecular formula is C75H146O17P2. The predicted octanol–water partition coefficient (Wildman–Crippen LogP) is 21.9. The number of hydrogen-bond donors (Lipinski definition) is 3. The molecule has 0 heterocycles. The van der Waals surface area contributed by atoms with Gasteiger partial charge in [0.1, 0.15) is 19.3 Å². The number of ether oxygens (including phenoxy) is 4. The lowest BCUT2D eigenvalue weighted by Crippen LogP contribution is -2.30. The topological polar surface area (TPSA) is 237 Å². The quantitative estimate of drug-likeness (QED) is 0.0222. The molecule has 6 atom stereocenters. The van der Waals surface area contributed by atoms with E-state index in [2.05, 4.69) is 41.5 Å². The Morgan fingerprint density at radius 3 is 0.809 bits per heavy atom. The zero-order valence-electron chi connectivity index (χ0n) is 61.3. The van der Waals surface area contributed by atoms with Crippen molar-refractivity contribution in [2.75, 3.05) is 39.6 Å². The van der Waals surface area contributed by atoms with Gasteiger partial charge in [0, 0.05) is 25.7 Å². The molecule has 0 aromatic heterocycles. The van der Waals surface area contributed by atoms with E-state index in [9.17, 15) is 43.2 Å². The van der Waals surface area contributed by atoms with Crippen LogP contribution in [-0.4, -0.2) is 96.7 Å². The Hall–Kier alpha value is -1.94. The van der Waals surface area contributed by atoms with Gasteiger partial charge in [-0.1, -0.05) is 337 Å². The summed E-state index contributed by atoms with van der Waals surface area (Å²) < 4.78 is 68.3. The molecular weight excluding hydrogens is 1230 g/mol. The van der Waals surface area contributed by atoms with E-state index in [0.29, 0.717) is 25.7 Å². The molecule has 3 N–H and O–H groups in total. The van der Waals surface area contributed by atoms with Crippen molar-refractivity contribution in [2.45, 2.75) is 407 Å². The largest absolute Gasteiger partial charge is 0.472 e. The number of unbranched alkanes of at least 4 members (excludes halogenated alkanes) is 43.